The summed E-state index contributed by atoms with van der Waals surface area (Å²) >= 11 is 0. The van der Waals surface area contributed by atoms with Crippen LogP contribution in [0.15, 0.2) is 66.7 Å². The van der Waals surface area contributed by atoms with Gasteiger partial charge in [-0.15, -0.1) is 0 Å². The molecule has 1 N–H and O–H groups in total. The number of aromatic hydroxyl groups is 1. The van der Waals surface area contributed by atoms with Crippen molar-refractivity contribution in [1.29, 1.82) is 0 Å². The Hall–Kier alpha value is -2.61. The number of ketones is 1. The summed E-state index contributed by atoms with van der Waals surface area (Å²) in [6, 6.07) is 19.7. The average Bonchev–Trinajstić information content (AvgIpc) is 2.77. The quantitative estimate of drug-likeness (QED) is 0.702. The van der Waals surface area contributed by atoms with Gasteiger partial charge in [-0.1, -0.05) is 42.5 Å². The number of hydrogen-bond donors (Lipinski definition) is 1. The molecule has 0 heterocycles. The lowest BCUT2D eigenvalue weighted by molar-refractivity contribution is 0.103. The average molecular weight is 248 g/mol. The molecule has 2 nitrogen and oxygen atoms in total. The van der Waals surface area contributed by atoms with E-state index in [1.54, 1.807) is 18.2 Å². The topological polar surface area (TPSA) is 37.3 Å². The fourth-order valence-electron chi connectivity index (χ4n) is 2.18. The first-order valence-electron chi connectivity index (χ1n) is 6.07. The van der Waals surface area contributed by atoms with Crippen molar-refractivity contribution >= 4 is 5.78 Å². The summed E-state index contributed by atoms with van der Waals surface area (Å²) in [5, 5.41) is 9.48. The summed E-state index contributed by atoms with van der Waals surface area (Å²) in [6.45, 7) is 0. The predicted molar refractivity (Wildman–Crippen MR) is 74.6 cm³/mol. The normalized spacial score (nSPS) is 10.5. The van der Waals surface area contributed by atoms with Crippen LogP contribution >= 0.6 is 0 Å². The molecule has 2 aliphatic carbocycles. The van der Waals surface area contributed by atoms with Crippen molar-refractivity contribution in [3.8, 4) is 16.9 Å². The maximum Gasteiger partial charge on any atom is 0.193 e. The lowest BCUT2D eigenvalue weighted by atomic mass is 10.0. The fraction of sp³-hybridized carbons (Fsp3) is 0. The lowest BCUT2D eigenvalue weighted by Gasteiger charge is -2.01. The minimum Gasteiger partial charge on any atom is -0.508 e. The number of hydrogen-bond acceptors (Lipinski definition) is 2. The molecule has 1 aromatic carbocycles. The number of rotatable bonds is 2. The summed E-state index contributed by atoms with van der Waals surface area (Å²) in [7, 11) is 0. The van der Waals surface area contributed by atoms with Gasteiger partial charge in [0.1, 0.15) is 5.75 Å². The highest BCUT2D eigenvalue weighted by molar-refractivity contribution is 6.13. The first kappa shape index (κ1) is 11.5. The molecule has 0 saturated heterocycles. The van der Waals surface area contributed by atoms with Crippen LogP contribution < -0.4 is 0 Å². The summed E-state index contributed by atoms with van der Waals surface area (Å²) in [5.41, 5.74) is 3.14. The maximum absolute atomic E-state index is 12.4. The summed E-state index contributed by atoms with van der Waals surface area (Å²) in [5.74, 6) is 0.190. The summed E-state index contributed by atoms with van der Waals surface area (Å²) < 4.78 is 0. The van der Waals surface area contributed by atoms with Gasteiger partial charge in [0.25, 0.3) is 0 Å². The SMILES string of the molecule is O=C(c1ccccc1)c1ccc2ccc(O)ccc1-2. The molecular weight excluding hydrogens is 236 g/mol. The highest BCUT2D eigenvalue weighted by Gasteiger charge is 2.16. The Labute approximate surface area is 111 Å². The molecule has 0 bridgehead atoms. The van der Waals surface area contributed by atoms with Crippen LogP contribution in [0.2, 0.25) is 0 Å². The maximum atomic E-state index is 12.4. The molecule has 3 rings (SSSR count). The van der Waals surface area contributed by atoms with Crippen LogP contribution in [0.3, 0.4) is 0 Å². The zero-order valence-corrected chi connectivity index (χ0v) is 10.2. The second kappa shape index (κ2) is 4.58. The molecule has 0 aromatic heterocycles. The Bertz CT molecular complexity index is 702. The molecule has 19 heavy (non-hydrogen) atoms. The van der Waals surface area contributed by atoms with Gasteiger partial charge in [0, 0.05) is 11.1 Å². The van der Waals surface area contributed by atoms with Gasteiger partial charge in [-0.25, -0.2) is 0 Å². The molecule has 0 amide bonds. The van der Waals surface area contributed by atoms with Crippen molar-refractivity contribution in [3.05, 3.63) is 77.9 Å². The van der Waals surface area contributed by atoms with Gasteiger partial charge in [0.2, 0.25) is 0 Å². The molecule has 2 heteroatoms. The van der Waals surface area contributed by atoms with Gasteiger partial charge in [0.05, 0.1) is 0 Å². The third kappa shape index (κ3) is 2.08. The van der Waals surface area contributed by atoms with Gasteiger partial charge in [-0.05, 0) is 35.4 Å². The summed E-state index contributed by atoms with van der Waals surface area (Å²) in [4.78, 5) is 12.4. The van der Waals surface area contributed by atoms with Crippen molar-refractivity contribution in [2.24, 2.45) is 0 Å². The zero-order chi connectivity index (χ0) is 13.2. The van der Waals surface area contributed by atoms with E-state index in [0.29, 0.717) is 11.1 Å². The molecule has 0 radical (unpaired) electrons. The van der Waals surface area contributed by atoms with Crippen molar-refractivity contribution in [3.63, 3.8) is 0 Å². The highest BCUT2D eigenvalue weighted by Crippen LogP contribution is 2.30. The largest absolute Gasteiger partial charge is 0.508 e. The van der Waals surface area contributed by atoms with E-state index in [1.807, 2.05) is 48.5 Å². The standard InChI is InChI=1S/C17H12O2/c18-14-8-6-12-7-10-16(15(12)11-9-14)17(19)13-4-2-1-3-5-13/h1-11,18H. The molecular formula is C17H12O2. The molecule has 0 saturated carbocycles. The van der Waals surface area contributed by atoms with Crippen molar-refractivity contribution in [2.45, 2.75) is 0 Å². The number of carbonyl (C=O) groups excluding carboxylic acids is 1. The van der Waals surface area contributed by atoms with E-state index in [0.717, 1.165) is 11.1 Å². The Balaban J connectivity index is 2.11. The van der Waals surface area contributed by atoms with E-state index >= 15 is 0 Å². The minimum atomic E-state index is 0.00119. The number of benzene rings is 1. The van der Waals surface area contributed by atoms with Crippen LogP contribution in [0.5, 0.6) is 5.75 Å². The summed E-state index contributed by atoms with van der Waals surface area (Å²) in [6.07, 6.45) is 0. The molecule has 0 fully saturated rings. The van der Waals surface area contributed by atoms with Crippen LogP contribution in [-0.4, -0.2) is 10.9 Å². The minimum absolute atomic E-state index is 0.00119. The van der Waals surface area contributed by atoms with E-state index in [9.17, 15) is 9.90 Å². The van der Waals surface area contributed by atoms with Gasteiger partial charge in [-0.2, -0.15) is 0 Å². The first-order valence-corrected chi connectivity index (χ1v) is 6.07. The third-order valence-corrected chi connectivity index (χ3v) is 3.17. The second-order valence-electron chi connectivity index (χ2n) is 4.40. The molecule has 92 valence electrons. The van der Waals surface area contributed by atoms with E-state index in [-0.39, 0.29) is 11.5 Å². The van der Waals surface area contributed by atoms with E-state index in [2.05, 4.69) is 0 Å². The zero-order valence-electron chi connectivity index (χ0n) is 10.2. The molecule has 0 atom stereocenters. The number of fused-ring (bicyclic) bond motifs is 1. The van der Waals surface area contributed by atoms with Crippen molar-refractivity contribution < 1.29 is 9.90 Å². The Morgan fingerprint density at radius 3 is 2.26 bits per heavy atom. The van der Waals surface area contributed by atoms with Gasteiger partial charge in [-0.3, -0.25) is 4.79 Å². The number of carbonyl (C=O) groups is 1. The first-order chi connectivity index (χ1) is 9.25. The molecule has 0 spiro atoms. The Kier molecular flexibility index (Phi) is 2.76. The highest BCUT2D eigenvalue weighted by atomic mass is 16.3. The van der Waals surface area contributed by atoms with Gasteiger partial charge in [0.15, 0.2) is 5.78 Å². The van der Waals surface area contributed by atoms with Crippen LogP contribution in [0, 0.1) is 0 Å². The van der Waals surface area contributed by atoms with E-state index < -0.39 is 0 Å². The molecule has 1 aromatic rings. The monoisotopic (exact) mass is 248 g/mol. The lowest BCUT2D eigenvalue weighted by Crippen LogP contribution is -2.00. The molecule has 2 aliphatic rings. The van der Waals surface area contributed by atoms with Crippen LogP contribution in [0.25, 0.3) is 11.1 Å². The van der Waals surface area contributed by atoms with Crippen LogP contribution in [0.1, 0.15) is 15.9 Å². The van der Waals surface area contributed by atoms with Gasteiger partial charge < -0.3 is 5.11 Å². The van der Waals surface area contributed by atoms with Gasteiger partial charge >= 0.3 is 0 Å². The van der Waals surface area contributed by atoms with E-state index in [1.165, 1.54) is 0 Å². The Morgan fingerprint density at radius 1 is 0.789 bits per heavy atom. The fourth-order valence-corrected chi connectivity index (χ4v) is 2.18. The predicted octanol–water partition coefficient (Wildman–Crippen LogP) is 3.73. The Morgan fingerprint density at radius 2 is 1.47 bits per heavy atom. The smallest absolute Gasteiger partial charge is 0.193 e. The third-order valence-electron chi connectivity index (χ3n) is 3.17. The van der Waals surface area contributed by atoms with Crippen LogP contribution in [-0.2, 0) is 0 Å². The van der Waals surface area contributed by atoms with Crippen molar-refractivity contribution in [2.75, 3.05) is 0 Å². The van der Waals surface area contributed by atoms with Crippen LogP contribution in [0.4, 0.5) is 0 Å². The molecule has 0 unspecified atom stereocenters. The molecule has 0 aliphatic heterocycles. The van der Waals surface area contributed by atoms with E-state index in [4.69, 9.17) is 0 Å². The second-order valence-corrected chi connectivity index (χ2v) is 4.40. The van der Waals surface area contributed by atoms with Crippen molar-refractivity contribution in [1.82, 2.24) is 0 Å².